The number of rotatable bonds is 3. The van der Waals surface area contributed by atoms with E-state index < -0.39 is 0 Å². The van der Waals surface area contributed by atoms with Gasteiger partial charge in [0.1, 0.15) is 0 Å². The van der Waals surface area contributed by atoms with Crippen molar-refractivity contribution in [1.82, 2.24) is 24.6 Å². The van der Waals surface area contributed by atoms with Crippen molar-refractivity contribution in [2.75, 3.05) is 5.73 Å². The van der Waals surface area contributed by atoms with Crippen LogP contribution in [0.4, 0.5) is 5.95 Å². The molecule has 98 valence electrons. The molecule has 0 amide bonds. The summed E-state index contributed by atoms with van der Waals surface area (Å²) >= 11 is 2.83. The number of hydrogen-bond donors (Lipinski definition) is 2. The van der Waals surface area contributed by atoms with Crippen LogP contribution in [0.25, 0.3) is 4.96 Å². The molecule has 0 unspecified atom stereocenters. The van der Waals surface area contributed by atoms with Crippen molar-refractivity contribution < 1.29 is 0 Å². The molecule has 0 aliphatic rings. The van der Waals surface area contributed by atoms with E-state index in [-0.39, 0.29) is 11.5 Å². The topological polar surface area (TPSA) is 102 Å². The molecule has 0 atom stereocenters. The second-order valence-corrected chi connectivity index (χ2v) is 5.65. The number of nitrogens with two attached hydrogens (primary N) is 1. The van der Waals surface area contributed by atoms with E-state index in [1.807, 2.05) is 12.3 Å². The zero-order valence-electron chi connectivity index (χ0n) is 9.95. The zero-order chi connectivity index (χ0) is 13.4. The van der Waals surface area contributed by atoms with Gasteiger partial charge in [0, 0.05) is 22.9 Å². The maximum absolute atomic E-state index is 12.0. The highest BCUT2D eigenvalue weighted by molar-refractivity contribution is 7.98. The number of aromatic nitrogens is 5. The van der Waals surface area contributed by atoms with Crippen molar-refractivity contribution >= 4 is 34.0 Å². The lowest BCUT2D eigenvalue weighted by molar-refractivity contribution is 0.967. The standard InChI is InChI=1S/C10H10N6OS2/c1-5-3-19-10-12-6(2-7(17)16(5)10)4-18-9-13-8(11)14-15-9/h2-3H,4H2,1H3,(H3,11,13,14,15). The number of thioether (sulfide) groups is 1. The predicted octanol–water partition coefficient (Wildman–Crippen LogP) is 1.06. The number of H-pyrrole nitrogens is 1. The highest BCUT2D eigenvalue weighted by Gasteiger charge is 2.08. The summed E-state index contributed by atoms with van der Waals surface area (Å²) in [6.45, 7) is 1.89. The Morgan fingerprint density at radius 3 is 3.11 bits per heavy atom. The molecule has 0 aliphatic carbocycles. The van der Waals surface area contributed by atoms with Crippen molar-refractivity contribution in [3.8, 4) is 0 Å². The van der Waals surface area contributed by atoms with Gasteiger partial charge in [0.15, 0.2) is 4.96 Å². The average molecular weight is 294 g/mol. The minimum absolute atomic E-state index is 0.0612. The quantitative estimate of drug-likeness (QED) is 0.700. The SMILES string of the molecule is Cc1csc2nc(CSc3n[nH]c(N)n3)cc(=O)n12. The van der Waals surface area contributed by atoms with Crippen molar-refractivity contribution in [2.24, 2.45) is 0 Å². The van der Waals surface area contributed by atoms with Gasteiger partial charge in [-0.3, -0.25) is 9.20 Å². The molecule has 0 bridgehead atoms. The van der Waals surface area contributed by atoms with Gasteiger partial charge >= 0.3 is 0 Å². The highest BCUT2D eigenvalue weighted by atomic mass is 32.2. The Bertz CT molecular complexity index is 789. The fraction of sp³-hybridized carbons (Fsp3) is 0.200. The molecule has 0 saturated carbocycles. The Morgan fingerprint density at radius 2 is 2.37 bits per heavy atom. The largest absolute Gasteiger partial charge is 0.368 e. The third-order valence-electron chi connectivity index (χ3n) is 2.46. The van der Waals surface area contributed by atoms with Crippen molar-refractivity contribution in [2.45, 2.75) is 17.8 Å². The third-order valence-corrected chi connectivity index (χ3v) is 4.28. The molecule has 9 heteroatoms. The Morgan fingerprint density at radius 1 is 1.53 bits per heavy atom. The number of aryl methyl sites for hydroxylation is 1. The lowest BCUT2D eigenvalue weighted by atomic mass is 10.4. The first-order chi connectivity index (χ1) is 9.13. The van der Waals surface area contributed by atoms with Crippen molar-refractivity contribution in [3.05, 3.63) is 33.2 Å². The van der Waals surface area contributed by atoms with Gasteiger partial charge in [-0.25, -0.2) is 10.1 Å². The van der Waals surface area contributed by atoms with Crippen LogP contribution in [0.3, 0.4) is 0 Å². The monoisotopic (exact) mass is 294 g/mol. The molecule has 0 fully saturated rings. The second kappa shape index (κ2) is 4.67. The molecule has 3 aromatic heterocycles. The van der Waals surface area contributed by atoms with Crippen LogP contribution in [-0.2, 0) is 5.75 Å². The fourth-order valence-electron chi connectivity index (χ4n) is 1.64. The van der Waals surface area contributed by atoms with Gasteiger partial charge in [-0.15, -0.1) is 16.4 Å². The lowest BCUT2D eigenvalue weighted by Crippen LogP contribution is -2.14. The predicted molar refractivity (Wildman–Crippen MR) is 74.4 cm³/mol. The number of nitrogens with zero attached hydrogens (tertiary/aromatic N) is 4. The summed E-state index contributed by atoms with van der Waals surface area (Å²) in [6, 6.07) is 1.54. The average Bonchev–Trinajstić information content (AvgIpc) is 2.94. The summed E-state index contributed by atoms with van der Waals surface area (Å²) in [5, 5.41) is 8.93. The van der Waals surface area contributed by atoms with E-state index >= 15 is 0 Å². The number of nitrogen functional groups attached to an aromatic ring is 1. The molecular formula is C10H10N6OS2. The molecule has 0 aliphatic heterocycles. The van der Waals surface area contributed by atoms with E-state index in [0.29, 0.717) is 21.6 Å². The summed E-state index contributed by atoms with van der Waals surface area (Å²) in [5.41, 5.74) is 6.99. The molecule has 3 rings (SSSR count). The number of aromatic amines is 1. The maximum Gasteiger partial charge on any atom is 0.258 e. The van der Waals surface area contributed by atoms with Crippen molar-refractivity contribution in [1.29, 1.82) is 0 Å². The van der Waals surface area contributed by atoms with Crippen LogP contribution in [0.1, 0.15) is 11.4 Å². The van der Waals surface area contributed by atoms with Gasteiger partial charge < -0.3 is 5.73 Å². The van der Waals surface area contributed by atoms with Gasteiger partial charge in [-0.2, -0.15) is 4.98 Å². The molecule has 3 heterocycles. The Kier molecular flexibility index (Phi) is 2.99. The van der Waals surface area contributed by atoms with E-state index in [4.69, 9.17) is 5.73 Å². The summed E-state index contributed by atoms with van der Waals surface area (Å²) in [6.07, 6.45) is 0. The second-order valence-electron chi connectivity index (χ2n) is 3.87. The Balaban J connectivity index is 1.87. The number of anilines is 1. The van der Waals surface area contributed by atoms with Gasteiger partial charge in [-0.1, -0.05) is 11.8 Å². The Labute approximate surface area is 115 Å². The van der Waals surface area contributed by atoms with E-state index in [2.05, 4.69) is 20.2 Å². The first kappa shape index (κ1) is 12.2. The molecule has 3 N–H and O–H groups in total. The van der Waals surface area contributed by atoms with Crippen LogP contribution >= 0.6 is 23.1 Å². The minimum Gasteiger partial charge on any atom is -0.368 e. The zero-order valence-corrected chi connectivity index (χ0v) is 11.6. The summed E-state index contributed by atoms with van der Waals surface area (Å²) in [4.78, 5) is 21.1. The van der Waals surface area contributed by atoms with E-state index in [1.165, 1.54) is 29.2 Å². The molecule has 0 radical (unpaired) electrons. The maximum atomic E-state index is 12.0. The first-order valence-electron chi connectivity index (χ1n) is 5.41. The smallest absolute Gasteiger partial charge is 0.258 e. The van der Waals surface area contributed by atoms with Gasteiger partial charge in [0.05, 0.1) is 5.69 Å². The number of thiazole rings is 1. The molecule has 0 saturated heterocycles. The molecule has 0 spiro atoms. The van der Waals surface area contributed by atoms with Gasteiger partial charge in [0.2, 0.25) is 11.1 Å². The molecule has 3 aromatic rings. The molecule has 19 heavy (non-hydrogen) atoms. The van der Waals surface area contributed by atoms with E-state index in [0.717, 1.165) is 5.69 Å². The van der Waals surface area contributed by atoms with Crippen LogP contribution in [0, 0.1) is 6.92 Å². The lowest BCUT2D eigenvalue weighted by Gasteiger charge is -1.99. The third kappa shape index (κ3) is 2.34. The summed E-state index contributed by atoms with van der Waals surface area (Å²) < 4.78 is 1.60. The number of fused-ring (bicyclic) bond motifs is 1. The van der Waals surface area contributed by atoms with Gasteiger partial charge in [0.25, 0.3) is 5.56 Å². The van der Waals surface area contributed by atoms with Crippen molar-refractivity contribution in [3.63, 3.8) is 0 Å². The van der Waals surface area contributed by atoms with Crippen LogP contribution in [-0.4, -0.2) is 24.6 Å². The highest BCUT2D eigenvalue weighted by Crippen LogP contribution is 2.19. The summed E-state index contributed by atoms with van der Waals surface area (Å²) in [7, 11) is 0. The normalized spacial score (nSPS) is 11.2. The van der Waals surface area contributed by atoms with Crippen LogP contribution < -0.4 is 11.3 Å². The fourth-order valence-corrected chi connectivity index (χ4v) is 3.22. The number of nitrogens with one attached hydrogen (secondary N) is 1. The van der Waals surface area contributed by atoms with Gasteiger partial charge in [-0.05, 0) is 6.92 Å². The van der Waals surface area contributed by atoms with Crippen LogP contribution in [0.5, 0.6) is 0 Å². The first-order valence-corrected chi connectivity index (χ1v) is 7.27. The van der Waals surface area contributed by atoms with E-state index in [1.54, 1.807) is 4.40 Å². The number of hydrogen-bond acceptors (Lipinski definition) is 7. The van der Waals surface area contributed by atoms with Crippen LogP contribution in [0.2, 0.25) is 0 Å². The molecule has 0 aromatic carbocycles. The van der Waals surface area contributed by atoms with Crippen LogP contribution in [0.15, 0.2) is 21.4 Å². The molecular weight excluding hydrogens is 284 g/mol. The van der Waals surface area contributed by atoms with E-state index in [9.17, 15) is 4.79 Å². The summed E-state index contributed by atoms with van der Waals surface area (Å²) in [5.74, 6) is 0.805. The minimum atomic E-state index is -0.0612. The molecule has 7 nitrogen and oxygen atoms in total. The Hall–Kier alpha value is -1.87.